The Morgan fingerprint density at radius 1 is 0.308 bits per heavy atom. The van der Waals surface area contributed by atoms with Crippen molar-refractivity contribution in [1.82, 2.24) is 0 Å². The first-order valence-electron chi connectivity index (χ1n) is 24.2. The normalized spacial score (nSPS) is 53.3. The SMILES string of the molecule is CC1OC(OC2C(C(=O)O)OC(OC3C(OC4C(C(=O)O)OC(OC5C(OC6C(C(=O)O)OC(O)C(O)C6O)OC(C)C(OC6OC(CO)C(O)C(O)C6O)C5O)C(O)C4O)OC(C)C(O)C3O)C(O)C2O)C(O)C(O)C1O. The summed E-state index contributed by atoms with van der Waals surface area (Å²) >= 11 is 0. The first-order valence-corrected chi connectivity index (χ1v) is 24.2. The smallest absolute Gasteiger partial charge is 0.335 e. The van der Waals surface area contributed by atoms with Crippen LogP contribution in [-0.4, -0.2) is 342 Å². The Kier molecular flexibility index (Phi) is 20.4. The summed E-state index contributed by atoms with van der Waals surface area (Å²) < 4.78 is 72.1. The lowest BCUT2D eigenvalue weighted by molar-refractivity contribution is -0.405. The van der Waals surface area contributed by atoms with Gasteiger partial charge >= 0.3 is 17.9 Å². The van der Waals surface area contributed by atoms with Crippen LogP contribution in [0.3, 0.4) is 0 Å². The van der Waals surface area contributed by atoms with Crippen LogP contribution in [0.5, 0.6) is 0 Å². The van der Waals surface area contributed by atoms with Crippen LogP contribution in [-0.2, 0) is 76.0 Å². The van der Waals surface area contributed by atoms with Gasteiger partial charge in [-0.25, -0.2) is 14.4 Å². The minimum Gasteiger partial charge on any atom is -0.479 e. The Labute approximate surface area is 438 Å². The van der Waals surface area contributed by atoms with Crippen molar-refractivity contribution in [2.24, 2.45) is 0 Å². The molecule has 0 aromatic carbocycles. The molecule has 0 aromatic heterocycles. The van der Waals surface area contributed by atoms with Crippen LogP contribution in [0.15, 0.2) is 0 Å². The van der Waals surface area contributed by atoms with E-state index in [1.807, 2.05) is 0 Å². The number of carboxylic acid groups (broad SMARTS) is 3. The fourth-order valence-corrected chi connectivity index (χ4v) is 9.73. The molecule has 0 aromatic rings. The molecule has 36 nitrogen and oxygen atoms in total. The topological polar surface area (TPSA) is 576 Å². The molecule has 7 aliphatic rings. The summed E-state index contributed by atoms with van der Waals surface area (Å²) in [5.41, 5.74) is 0. The molecule has 0 spiro atoms. The van der Waals surface area contributed by atoms with Gasteiger partial charge < -0.3 is 164 Å². The Balaban J connectivity index is 1.13. The molecule has 35 unspecified atom stereocenters. The number of hydrogen-bond acceptors (Lipinski definition) is 33. The second-order valence-corrected chi connectivity index (χ2v) is 19.6. The summed E-state index contributed by atoms with van der Waals surface area (Å²) in [6, 6.07) is 0. The number of carbonyl (C=O) groups is 3. The van der Waals surface area contributed by atoms with E-state index in [4.69, 9.17) is 61.6 Å². The lowest BCUT2D eigenvalue weighted by Gasteiger charge is -2.50. The quantitative estimate of drug-likeness (QED) is 0.0682. The van der Waals surface area contributed by atoms with E-state index in [0.29, 0.717) is 0 Å². The largest absolute Gasteiger partial charge is 0.479 e. The number of carboxylic acids is 3. The number of rotatable bonds is 16. The summed E-state index contributed by atoms with van der Waals surface area (Å²) in [5.74, 6) is -5.82. The first-order chi connectivity index (χ1) is 36.5. The standard InChI is InChI=1S/C42H66O36/c1-5-9(44)12(47)19(54)37(66-5)72-26-16(51)21(56)39(77-31(26)34(61)62)75-28-14(49)10(45)6(2)67-41(28)74-27-17(52)22(57)40(78-32(27)35(63)64)76-29-23(58)24(71-38-20(55)13(48)11(46)8(4-43)69-38)7(3)68-42(29)73-25-15(50)18(53)36(65)70-30(25)33(59)60/h5-32,36-58,65H,4H2,1-3H3,(H,59,60)(H,61,62)(H,63,64). The number of hydrogen-bond donors (Lipinski definition) is 20. The van der Waals surface area contributed by atoms with Crippen LogP contribution < -0.4 is 0 Å². The van der Waals surface area contributed by atoms with Gasteiger partial charge in [-0.15, -0.1) is 0 Å². The zero-order valence-corrected chi connectivity index (χ0v) is 40.9. The maximum absolute atomic E-state index is 13.0. The molecule has 36 heteroatoms. The van der Waals surface area contributed by atoms with Crippen molar-refractivity contribution in [3.63, 3.8) is 0 Å². The third kappa shape index (κ3) is 12.4. The highest BCUT2D eigenvalue weighted by Gasteiger charge is 2.60. The minimum atomic E-state index is -2.55. The summed E-state index contributed by atoms with van der Waals surface area (Å²) in [6.45, 7) is 2.65. The van der Waals surface area contributed by atoms with E-state index in [9.17, 15) is 117 Å². The maximum Gasteiger partial charge on any atom is 0.335 e. The molecule has 0 radical (unpaired) electrons. The van der Waals surface area contributed by atoms with Gasteiger partial charge in [0.2, 0.25) is 0 Å². The van der Waals surface area contributed by atoms with Crippen molar-refractivity contribution in [2.45, 2.75) is 236 Å². The van der Waals surface area contributed by atoms with Gasteiger partial charge in [-0.3, -0.25) is 0 Å². The highest BCUT2D eigenvalue weighted by Crippen LogP contribution is 2.39. The van der Waals surface area contributed by atoms with Crippen LogP contribution in [0.2, 0.25) is 0 Å². The molecule has 0 aliphatic carbocycles. The molecule has 0 amide bonds. The van der Waals surface area contributed by atoms with Crippen LogP contribution in [0.4, 0.5) is 0 Å². The van der Waals surface area contributed by atoms with Gasteiger partial charge in [0, 0.05) is 0 Å². The van der Waals surface area contributed by atoms with Gasteiger partial charge in [0.05, 0.1) is 24.9 Å². The molecule has 0 bridgehead atoms. The molecule has 35 atom stereocenters. The van der Waals surface area contributed by atoms with Crippen LogP contribution >= 0.6 is 0 Å². The van der Waals surface area contributed by atoms with E-state index in [2.05, 4.69) is 0 Å². The Morgan fingerprint density at radius 2 is 0.615 bits per heavy atom. The predicted octanol–water partition coefficient (Wildman–Crippen LogP) is -12.9. The summed E-state index contributed by atoms with van der Waals surface area (Å²) in [6.07, 6.45) is -74.0. The van der Waals surface area contributed by atoms with Crippen molar-refractivity contribution in [2.75, 3.05) is 6.61 Å². The lowest BCUT2D eigenvalue weighted by Crippen LogP contribution is -2.69. The Hall–Kier alpha value is -2.79. The highest BCUT2D eigenvalue weighted by molar-refractivity contribution is 5.74. The van der Waals surface area contributed by atoms with Crippen LogP contribution in [0, 0.1) is 0 Å². The minimum absolute atomic E-state index is 0.934. The van der Waals surface area contributed by atoms with Gasteiger partial charge in [0.15, 0.2) is 62.3 Å². The van der Waals surface area contributed by atoms with Crippen molar-refractivity contribution >= 4 is 17.9 Å². The van der Waals surface area contributed by atoms with Crippen molar-refractivity contribution in [1.29, 1.82) is 0 Å². The molecule has 450 valence electrons. The third-order valence-electron chi connectivity index (χ3n) is 14.3. The van der Waals surface area contributed by atoms with E-state index in [0.717, 1.165) is 6.92 Å². The number of aliphatic carboxylic acids is 3. The fraction of sp³-hybridized carbons (Fsp3) is 0.929. The Bertz CT molecular complexity index is 2010. The molecule has 0 saturated carbocycles. The van der Waals surface area contributed by atoms with E-state index >= 15 is 0 Å². The maximum atomic E-state index is 13.0. The lowest BCUT2D eigenvalue weighted by atomic mass is 9.95. The molecule has 7 rings (SSSR count). The van der Waals surface area contributed by atoms with Gasteiger partial charge in [-0.1, -0.05) is 0 Å². The summed E-state index contributed by atoms with van der Waals surface area (Å²) in [7, 11) is 0. The van der Waals surface area contributed by atoms with Crippen LogP contribution in [0.1, 0.15) is 20.8 Å². The van der Waals surface area contributed by atoms with Gasteiger partial charge in [-0.2, -0.15) is 0 Å². The van der Waals surface area contributed by atoms with Crippen molar-refractivity contribution in [3.05, 3.63) is 0 Å². The summed E-state index contributed by atoms with van der Waals surface area (Å²) in [4.78, 5) is 37.7. The number of ether oxygens (including phenoxy) is 13. The second kappa shape index (κ2) is 25.4. The predicted molar refractivity (Wildman–Crippen MR) is 229 cm³/mol. The third-order valence-corrected chi connectivity index (χ3v) is 14.3. The molecule has 7 aliphatic heterocycles. The van der Waals surface area contributed by atoms with Gasteiger partial charge in [-0.05, 0) is 20.8 Å². The van der Waals surface area contributed by atoms with Crippen molar-refractivity contribution in [3.8, 4) is 0 Å². The zero-order chi connectivity index (χ0) is 57.8. The molecule has 78 heavy (non-hydrogen) atoms. The number of aliphatic hydroxyl groups excluding tert-OH is 17. The molecular formula is C42H66O36. The molecule has 7 heterocycles. The highest BCUT2D eigenvalue weighted by atomic mass is 16.8. The summed E-state index contributed by atoms with van der Waals surface area (Å²) in [5, 5.41) is 213. The monoisotopic (exact) mass is 1150 g/mol. The van der Waals surface area contributed by atoms with E-state index < -0.39 is 239 Å². The molecule has 20 N–H and O–H groups in total. The van der Waals surface area contributed by atoms with E-state index in [1.165, 1.54) is 13.8 Å². The van der Waals surface area contributed by atoms with Crippen LogP contribution in [0.25, 0.3) is 0 Å². The average Bonchev–Trinajstić information content (AvgIpc) is 3.41. The Morgan fingerprint density at radius 3 is 1.08 bits per heavy atom. The van der Waals surface area contributed by atoms with E-state index in [1.54, 1.807) is 0 Å². The molecular weight excluding hydrogens is 1080 g/mol. The average molecular weight is 1150 g/mol. The fourth-order valence-electron chi connectivity index (χ4n) is 9.73. The van der Waals surface area contributed by atoms with E-state index in [-0.39, 0.29) is 0 Å². The zero-order valence-electron chi connectivity index (χ0n) is 40.9. The first kappa shape index (κ1) is 62.8. The van der Waals surface area contributed by atoms with Crippen molar-refractivity contribution < 1.29 is 178 Å². The second-order valence-electron chi connectivity index (χ2n) is 19.6. The molecule has 7 saturated heterocycles. The molecule has 7 fully saturated rings. The van der Waals surface area contributed by atoms with Gasteiger partial charge in [0.25, 0.3) is 0 Å². The van der Waals surface area contributed by atoms with Gasteiger partial charge in [0.1, 0.15) is 134 Å². The number of aliphatic hydroxyl groups is 17.